The number of nitrogens with zero attached hydrogens (tertiary/aromatic N) is 1. The Morgan fingerprint density at radius 2 is 2.13 bits per heavy atom. The minimum absolute atomic E-state index is 0.742. The molecular formula is C12H11ClN2. The standard InChI is InChI=1S/C12H11ClN2/c13-11-4-1-5-12(7-11)15-9-10-3-2-6-14-8-10/h1-8,15H,9H2. The van der Waals surface area contributed by atoms with Crippen molar-refractivity contribution in [3.05, 3.63) is 59.4 Å². The van der Waals surface area contributed by atoms with Gasteiger partial charge in [-0.3, -0.25) is 4.98 Å². The van der Waals surface area contributed by atoms with Gasteiger partial charge in [-0.25, -0.2) is 0 Å². The molecule has 1 N–H and O–H groups in total. The Bertz CT molecular complexity index is 429. The number of pyridine rings is 1. The highest BCUT2D eigenvalue weighted by Gasteiger charge is 1.94. The number of halogens is 1. The van der Waals surface area contributed by atoms with Crippen LogP contribution in [-0.4, -0.2) is 4.98 Å². The van der Waals surface area contributed by atoms with Crippen LogP contribution in [0.25, 0.3) is 0 Å². The topological polar surface area (TPSA) is 24.9 Å². The van der Waals surface area contributed by atoms with Crippen molar-refractivity contribution in [2.45, 2.75) is 6.54 Å². The molecule has 0 fully saturated rings. The van der Waals surface area contributed by atoms with Crippen LogP contribution < -0.4 is 5.32 Å². The molecule has 0 aliphatic heterocycles. The lowest BCUT2D eigenvalue weighted by molar-refractivity contribution is 1.11. The smallest absolute Gasteiger partial charge is 0.0426 e. The molecule has 15 heavy (non-hydrogen) atoms. The summed E-state index contributed by atoms with van der Waals surface area (Å²) in [4.78, 5) is 4.05. The van der Waals surface area contributed by atoms with Crippen molar-refractivity contribution in [3.8, 4) is 0 Å². The molecule has 2 aromatic rings. The molecule has 1 heterocycles. The second-order valence-electron chi connectivity index (χ2n) is 3.23. The van der Waals surface area contributed by atoms with Gasteiger partial charge in [0, 0.05) is 29.6 Å². The van der Waals surface area contributed by atoms with E-state index in [4.69, 9.17) is 11.6 Å². The van der Waals surface area contributed by atoms with Crippen molar-refractivity contribution >= 4 is 17.3 Å². The van der Waals surface area contributed by atoms with Gasteiger partial charge in [0.2, 0.25) is 0 Å². The number of hydrogen-bond acceptors (Lipinski definition) is 2. The van der Waals surface area contributed by atoms with Crippen LogP contribution >= 0.6 is 11.6 Å². The second-order valence-corrected chi connectivity index (χ2v) is 3.66. The molecule has 0 saturated heterocycles. The first-order chi connectivity index (χ1) is 7.34. The predicted octanol–water partition coefficient (Wildman–Crippen LogP) is 3.35. The van der Waals surface area contributed by atoms with E-state index in [0.717, 1.165) is 22.8 Å². The minimum atomic E-state index is 0.742. The van der Waals surface area contributed by atoms with Gasteiger partial charge in [0.1, 0.15) is 0 Å². The van der Waals surface area contributed by atoms with Gasteiger partial charge in [-0.05, 0) is 29.8 Å². The molecule has 1 aromatic carbocycles. The third kappa shape index (κ3) is 2.96. The van der Waals surface area contributed by atoms with Gasteiger partial charge in [-0.2, -0.15) is 0 Å². The molecule has 76 valence electrons. The average molecular weight is 219 g/mol. The first-order valence-corrected chi connectivity index (χ1v) is 5.11. The maximum atomic E-state index is 5.87. The van der Waals surface area contributed by atoms with Crippen LogP contribution in [0.4, 0.5) is 5.69 Å². The maximum absolute atomic E-state index is 5.87. The minimum Gasteiger partial charge on any atom is -0.381 e. The molecule has 1 aromatic heterocycles. The highest BCUT2D eigenvalue weighted by atomic mass is 35.5. The fraction of sp³-hybridized carbons (Fsp3) is 0.0833. The quantitative estimate of drug-likeness (QED) is 0.855. The summed E-state index contributed by atoms with van der Waals surface area (Å²) < 4.78 is 0. The Kier molecular flexibility index (Phi) is 3.20. The Hall–Kier alpha value is -1.54. The lowest BCUT2D eigenvalue weighted by Crippen LogP contribution is -1.99. The van der Waals surface area contributed by atoms with Crippen LogP contribution in [0.15, 0.2) is 48.8 Å². The molecular weight excluding hydrogens is 208 g/mol. The van der Waals surface area contributed by atoms with Crippen LogP contribution in [-0.2, 0) is 6.54 Å². The van der Waals surface area contributed by atoms with E-state index < -0.39 is 0 Å². The van der Waals surface area contributed by atoms with Crippen molar-refractivity contribution < 1.29 is 0 Å². The van der Waals surface area contributed by atoms with Crippen molar-refractivity contribution in [2.75, 3.05) is 5.32 Å². The van der Waals surface area contributed by atoms with Crippen molar-refractivity contribution in [1.29, 1.82) is 0 Å². The highest BCUT2D eigenvalue weighted by Crippen LogP contribution is 2.15. The summed E-state index contributed by atoms with van der Waals surface area (Å²) in [6.45, 7) is 0.758. The molecule has 0 spiro atoms. The molecule has 0 unspecified atom stereocenters. The Morgan fingerprint density at radius 3 is 2.87 bits per heavy atom. The van der Waals surface area contributed by atoms with Gasteiger partial charge in [-0.1, -0.05) is 23.7 Å². The SMILES string of the molecule is Clc1cccc(NCc2cccnc2)c1. The van der Waals surface area contributed by atoms with Gasteiger partial charge in [0.15, 0.2) is 0 Å². The molecule has 0 aliphatic carbocycles. The molecule has 3 heteroatoms. The van der Waals surface area contributed by atoms with E-state index in [1.807, 2.05) is 42.6 Å². The second kappa shape index (κ2) is 4.80. The van der Waals surface area contributed by atoms with E-state index in [1.54, 1.807) is 6.20 Å². The van der Waals surface area contributed by atoms with E-state index in [9.17, 15) is 0 Å². The largest absolute Gasteiger partial charge is 0.381 e. The molecule has 2 nitrogen and oxygen atoms in total. The summed E-state index contributed by atoms with van der Waals surface area (Å²) in [5.41, 5.74) is 2.17. The average Bonchev–Trinajstić information content (AvgIpc) is 2.28. The van der Waals surface area contributed by atoms with E-state index in [0.29, 0.717) is 0 Å². The Morgan fingerprint density at radius 1 is 1.20 bits per heavy atom. The van der Waals surface area contributed by atoms with Crippen LogP contribution in [0.2, 0.25) is 5.02 Å². The molecule has 0 aliphatic rings. The van der Waals surface area contributed by atoms with Crippen LogP contribution in [0, 0.1) is 0 Å². The number of rotatable bonds is 3. The van der Waals surface area contributed by atoms with Gasteiger partial charge in [-0.15, -0.1) is 0 Å². The normalized spacial score (nSPS) is 9.93. The highest BCUT2D eigenvalue weighted by molar-refractivity contribution is 6.30. The molecule has 0 amide bonds. The van der Waals surface area contributed by atoms with E-state index in [1.165, 1.54) is 0 Å². The first kappa shape index (κ1) is 9.99. The monoisotopic (exact) mass is 218 g/mol. The zero-order valence-electron chi connectivity index (χ0n) is 8.15. The van der Waals surface area contributed by atoms with E-state index in [-0.39, 0.29) is 0 Å². The molecule has 2 rings (SSSR count). The zero-order valence-corrected chi connectivity index (χ0v) is 8.91. The first-order valence-electron chi connectivity index (χ1n) is 4.73. The molecule has 0 bridgehead atoms. The third-order valence-corrected chi connectivity index (χ3v) is 2.28. The fourth-order valence-corrected chi connectivity index (χ4v) is 1.50. The van der Waals surface area contributed by atoms with Gasteiger partial charge < -0.3 is 5.32 Å². The summed E-state index contributed by atoms with van der Waals surface area (Å²) in [6.07, 6.45) is 3.61. The summed E-state index contributed by atoms with van der Waals surface area (Å²) in [5, 5.41) is 4.02. The Labute approximate surface area is 93.9 Å². The van der Waals surface area contributed by atoms with Crippen LogP contribution in [0.1, 0.15) is 5.56 Å². The van der Waals surface area contributed by atoms with Gasteiger partial charge in [0.25, 0.3) is 0 Å². The molecule has 0 atom stereocenters. The number of aromatic nitrogens is 1. The summed E-state index contributed by atoms with van der Waals surface area (Å²) in [5.74, 6) is 0. The molecule has 0 radical (unpaired) electrons. The maximum Gasteiger partial charge on any atom is 0.0426 e. The number of benzene rings is 1. The van der Waals surface area contributed by atoms with Gasteiger partial charge in [0.05, 0.1) is 0 Å². The predicted molar refractivity (Wildman–Crippen MR) is 63.0 cm³/mol. The summed E-state index contributed by atoms with van der Waals surface area (Å²) in [7, 11) is 0. The number of hydrogen-bond donors (Lipinski definition) is 1. The van der Waals surface area contributed by atoms with Crippen molar-refractivity contribution in [3.63, 3.8) is 0 Å². The Balaban J connectivity index is 1.99. The lowest BCUT2D eigenvalue weighted by Gasteiger charge is -2.05. The van der Waals surface area contributed by atoms with Crippen molar-refractivity contribution in [1.82, 2.24) is 4.98 Å². The van der Waals surface area contributed by atoms with Gasteiger partial charge >= 0.3 is 0 Å². The third-order valence-electron chi connectivity index (χ3n) is 2.04. The zero-order chi connectivity index (χ0) is 10.5. The van der Waals surface area contributed by atoms with Crippen LogP contribution in [0.3, 0.4) is 0 Å². The van der Waals surface area contributed by atoms with Crippen molar-refractivity contribution in [2.24, 2.45) is 0 Å². The number of nitrogens with one attached hydrogen (secondary N) is 1. The summed E-state index contributed by atoms with van der Waals surface area (Å²) >= 11 is 5.87. The fourth-order valence-electron chi connectivity index (χ4n) is 1.31. The summed E-state index contributed by atoms with van der Waals surface area (Å²) in [6, 6.07) is 11.6. The van der Waals surface area contributed by atoms with Crippen LogP contribution in [0.5, 0.6) is 0 Å². The number of anilines is 1. The lowest BCUT2D eigenvalue weighted by atomic mass is 10.2. The van der Waals surface area contributed by atoms with E-state index in [2.05, 4.69) is 10.3 Å². The molecule has 0 saturated carbocycles. The van der Waals surface area contributed by atoms with E-state index >= 15 is 0 Å².